The van der Waals surface area contributed by atoms with Crippen LogP contribution >= 0.6 is 0 Å². The summed E-state index contributed by atoms with van der Waals surface area (Å²) in [5, 5.41) is 1.14. The van der Waals surface area contributed by atoms with Crippen LogP contribution in [0.5, 0.6) is 5.75 Å². The van der Waals surface area contributed by atoms with Gasteiger partial charge < -0.3 is 13.6 Å². The molecule has 1 atom stereocenters. The van der Waals surface area contributed by atoms with Crippen LogP contribution in [-0.2, 0) is 11.8 Å². The molecule has 2 aromatic carbocycles. The zero-order valence-electron chi connectivity index (χ0n) is 16.8. The summed E-state index contributed by atoms with van der Waals surface area (Å²) >= 11 is 0. The summed E-state index contributed by atoms with van der Waals surface area (Å²) in [6.45, 7) is 6.45. The quantitative estimate of drug-likeness (QED) is 0.399. The molecule has 2 heterocycles. The minimum Gasteiger partial charge on any atom is -0.497 e. The van der Waals surface area contributed by atoms with E-state index < -0.39 is 0 Å². The highest BCUT2D eigenvalue weighted by atomic mass is 16.5. The Hall–Kier alpha value is -2.94. The van der Waals surface area contributed by atoms with Gasteiger partial charge in [0.1, 0.15) is 28.6 Å². The molecule has 0 saturated heterocycles. The molecule has 0 fully saturated rings. The molecule has 0 bridgehead atoms. The van der Waals surface area contributed by atoms with E-state index in [0.29, 0.717) is 0 Å². The van der Waals surface area contributed by atoms with E-state index in [1.165, 1.54) is 16.7 Å². The molecule has 3 nitrogen and oxygen atoms in total. The van der Waals surface area contributed by atoms with Crippen LogP contribution in [-0.4, -0.2) is 7.11 Å². The number of methoxy groups -OCH3 is 1. The monoisotopic (exact) mass is 372 g/mol. The first-order valence-corrected chi connectivity index (χ1v) is 9.77. The number of benzene rings is 2. The van der Waals surface area contributed by atoms with E-state index in [1.807, 2.05) is 19.1 Å². The average Bonchev–Trinajstić information content (AvgIpc) is 3.23. The Morgan fingerprint density at radius 3 is 2.50 bits per heavy atom. The molecule has 2 aromatic heterocycles. The van der Waals surface area contributed by atoms with Crippen molar-refractivity contribution in [1.82, 2.24) is 0 Å². The Labute approximate surface area is 164 Å². The minimum atomic E-state index is -0.156. The maximum Gasteiger partial charge on any atom is 0.142 e. The summed E-state index contributed by atoms with van der Waals surface area (Å²) in [6.07, 6.45) is 1.83. The van der Waals surface area contributed by atoms with Crippen LogP contribution in [0.1, 0.15) is 41.6 Å². The van der Waals surface area contributed by atoms with Crippen molar-refractivity contribution in [2.45, 2.75) is 39.0 Å². The lowest BCUT2D eigenvalue weighted by molar-refractivity contribution is 0.413. The van der Waals surface area contributed by atoms with Gasteiger partial charge in [0.25, 0.3) is 0 Å². The summed E-state index contributed by atoms with van der Waals surface area (Å²) in [7, 11) is 1.70. The largest absolute Gasteiger partial charge is 0.497 e. The predicted molar refractivity (Wildman–Crippen MR) is 111 cm³/mol. The van der Waals surface area contributed by atoms with Crippen LogP contribution in [0.15, 0.2) is 57.4 Å². The zero-order chi connectivity index (χ0) is 19.5. The van der Waals surface area contributed by atoms with Gasteiger partial charge in [-0.25, -0.2) is 0 Å². The van der Waals surface area contributed by atoms with Crippen LogP contribution in [0, 0.1) is 13.8 Å². The molecule has 1 aliphatic carbocycles. The van der Waals surface area contributed by atoms with Gasteiger partial charge in [-0.15, -0.1) is 0 Å². The average molecular weight is 372 g/mol. The predicted octanol–water partition coefficient (Wildman–Crippen LogP) is 6.57. The highest BCUT2D eigenvalue weighted by Gasteiger charge is 2.38. The third kappa shape index (κ3) is 2.42. The summed E-state index contributed by atoms with van der Waals surface area (Å²) in [5.74, 6) is 3.78. The molecular formula is C25H24O3. The van der Waals surface area contributed by atoms with Crippen molar-refractivity contribution in [3.05, 3.63) is 76.7 Å². The fraction of sp³-hybridized carbons (Fsp3) is 0.280. The fourth-order valence-corrected chi connectivity index (χ4v) is 4.55. The van der Waals surface area contributed by atoms with E-state index in [1.54, 1.807) is 7.11 Å². The summed E-state index contributed by atoms with van der Waals surface area (Å²) in [6, 6.07) is 17.0. The first-order chi connectivity index (χ1) is 13.5. The molecule has 0 unspecified atom stereocenters. The van der Waals surface area contributed by atoms with Gasteiger partial charge in [0.15, 0.2) is 0 Å². The summed E-state index contributed by atoms with van der Waals surface area (Å²) < 4.78 is 17.9. The SMILES string of the molecule is COc1ccc([C@]2(C)CCc3oc4ccc(C)cc4c3-c3oc(C)cc32)cc1. The Morgan fingerprint density at radius 2 is 1.75 bits per heavy atom. The molecule has 0 spiro atoms. The lowest BCUT2D eigenvalue weighted by atomic mass is 9.73. The molecular weight excluding hydrogens is 348 g/mol. The molecule has 0 radical (unpaired) electrons. The van der Waals surface area contributed by atoms with Crippen molar-refractivity contribution < 1.29 is 13.6 Å². The third-order valence-corrected chi connectivity index (χ3v) is 6.17. The molecule has 0 aliphatic heterocycles. The topological polar surface area (TPSA) is 35.5 Å². The Balaban J connectivity index is 1.76. The second-order valence-electron chi connectivity index (χ2n) is 8.06. The van der Waals surface area contributed by atoms with Gasteiger partial charge in [0.2, 0.25) is 0 Å². The van der Waals surface area contributed by atoms with Crippen molar-refractivity contribution in [2.75, 3.05) is 7.11 Å². The van der Waals surface area contributed by atoms with Crippen LogP contribution in [0.3, 0.4) is 0 Å². The molecule has 1 aliphatic rings. The Bertz CT molecular complexity index is 1180. The number of furan rings is 2. The lowest BCUT2D eigenvalue weighted by Crippen LogP contribution is -2.23. The number of hydrogen-bond acceptors (Lipinski definition) is 3. The van der Waals surface area contributed by atoms with E-state index in [0.717, 1.165) is 52.4 Å². The molecule has 0 N–H and O–H groups in total. The molecule has 0 saturated carbocycles. The lowest BCUT2D eigenvalue weighted by Gasteiger charge is -2.29. The van der Waals surface area contributed by atoms with E-state index in [2.05, 4.69) is 50.2 Å². The maximum atomic E-state index is 6.30. The van der Waals surface area contributed by atoms with Gasteiger partial charge in [-0.2, -0.15) is 0 Å². The summed E-state index contributed by atoms with van der Waals surface area (Å²) in [4.78, 5) is 0. The second-order valence-corrected chi connectivity index (χ2v) is 8.06. The van der Waals surface area contributed by atoms with Gasteiger partial charge >= 0.3 is 0 Å². The minimum absolute atomic E-state index is 0.156. The van der Waals surface area contributed by atoms with Crippen LogP contribution in [0.4, 0.5) is 0 Å². The van der Waals surface area contributed by atoms with Crippen molar-refractivity contribution in [3.8, 4) is 17.1 Å². The van der Waals surface area contributed by atoms with Gasteiger partial charge in [0, 0.05) is 22.8 Å². The first-order valence-electron chi connectivity index (χ1n) is 9.77. The van der Waals surface area contributed by atoms with Crippen LogP contribution < -0.4 is 4.74 Å². The second kappa shape index (κ2) is 6.03. The van der Waals surface area contributed by atoms with Crippen LogP contribution in [0.2, 0.25) is 0 Å². The van der Waals surface area contributed by atoms with Gasteiger partial charge in [0.05, 0.1) is 12.7 Å². The highest BCUT2D eigenvalue weighted by Crippen LogP contribution is 2.49. The maximum absolute atomic E-state index is 6.30. The molecule has 5 rings (SSSR count). The zero-order valence-corrected chi connectivity index (χ0v) is 16.8. The smallest absolute Gasteiger partial charge is 0.142 e. The molecule has 142 valence electrons. The van der Waals surface area contributed by atoms with Crippen molar-refractivity contribution in [2.24, 2.45) is 0 Å². The van der Waals surface area contributed by atoms with Gasteiger partial charge in [-0.1, -0.05) is 30.7 Å². The number of rotatable bonds is 2. The number of fused-ring (bicyclic) bond motifs is 5. The number of hydrogen-bond donors (Lipinski definition) is 0. The van der Waals surface area contributed by atoms with Gasteiger partial charge in [-0.3, -0.25) is 0 Å². The van der Waals surface area contributed by atoms with Crippen molar-refractivity contribution in [1.29, 1.82) is 0 Å². The number of ether oxygens (including phenoxy) is 1. The normalized spacial score (nSPS) is 18.6. The van der Waals surface area contributed by atoms with E-state index in [-0.39, 0.29) is 5.41 Å². The van der Waals surface area contributed by atoms with Crippen molar-refractivity contribution in [3.63, 3.8) is 0 Å². The number of aryl methyl sites for hydroxylation is 3. The Kier molecular flexibility index (Phi) is 3.70. The van der Waals surface area contributed by atoms with Crippen LogP contribution in [0.25, 0.3) is 22.3 Å². The molecule has 0 amide bonds. The first kappa shape index (κ1) is 17.2. The fourth-order valence-electron chi connectivity index (χ4n) is 4.55. The highest BCUT2D eigenvalue weighted by molar-refractivity contribution is 5.96. The van der Waals surface area contributed by atoms with E-state index >= 15 is 0 Å². The third-order valence-electron chi connectivity index (χ3n) is 6.17. The van der Waals surface area contributed by atoms with E-state index in [4.69, 9.17) is 13.6 Å². The van der Waals surface area contributed by atoms with E-state index in [9.17, 15) is 0 Å². The molecule has 4 aromatic rings. The van der Waals surface area contributed by atoms with Crippen molar-refractivity contribution >= 4 is 11.0 Å². The summed E-state index contributed by atoms with van der Waals surface area (Å²) in [5.41, 5.74) is 5.63. The molecule has 3 heteroatoms. The molecule has 28 heavy (non-hydrogen) atoms. The van der Waals surface area contributed by atoms with Gasteiger partial charge in [-0.05, 0) is 56.2 Å². The standard InChI is InChI=1S/C25H24O3/c1-15-5-10-21-19(13-15)23-22(28-21)11-12-25(3,20-14-16(2)27-24(20)23)17-6-8-18(26-4)9-7-17/h5-10,13-14H,11-12H2,1-4H3/t25-/m0/s1. The Morgan fingerprint density at radius 1 is 0.964 bits per heavy atom.